The summed E-state index contributed by atoms with van der Waals surface area (Å²) in [6.07, 6.45) is 3.30. The van der Waals surface area contributed by atoms with Gasteiger partial charge in [0.15, 0.2) is 0 Å². The molecule has 1 aromatic heterocycles. The van der Waals surface area contributed by atoms with Gasteiger partial charge in [0.1, 0.15) is 0 Å². The van der Waals surface area contributed by atoms with E-state index in [4.69, 9.17) is 16.7 Å². The van der Waals surface area contributed by atoms with E-state index in [-0.39, 0.29) is 12.6 Å². The van der Waals surface area contributed by atoms with Crippen molar-refractivity contribution in [1.82, 2.24) is 4.98 Å². The number of aliphatic hydroxyl groups excluding tert-OH is 1. The molecule has 76 valence electrons. The highest BCUT2D eigenvalue weighted by Crippen LogP contribution is 2.23. The molecule has 1 atom stereocenters. The van der Waals surface area contributed by atoms with Crippen molar-refractivity contribution in [3.05, 3.63) is 35.6 Å². The van der Waals surface area contributed by atoms with Crippen LogP contribution in [0.1, 0.15) is 5.69 Å². The molecule has 0 saturated carbocycles. The number of nitrogens with zero attached hydrogens (tertiary/aromatic N) is 1. The predicted octanol–water partition coefficient (Wildman–Crippen LogP) is 2.00. The van der Waals surface area contributed by atoms with Crippen LogP contribution in [0.15, 0.2) is 24.9 Å². The van der Waals surface area contributed by atoms with Crippen LogP contribution in [0.4, 0.5) is 5.69 Å². The molecule has 0 radical (unpaired) electrons. The van der Waals surface area contributed by atoms with Gasteiger partial charge in [-0.15, -0.1) is 6.58 Å². The van der Waals surface area contributed by atoms with Gasteiger partial charge in [0.25, 0.3) is 0 Å². The quantitative estimate of drug-likeness (QED) is 0.751. The first-order valence-corrected chi connectivity index (χ1v) is 4.68. The fraction of sp³-hybridized carbons (Fsp3) is 0.300. The Balaban J connectivity index is 2.85. The standard InChI is InChI=1S/C10H13ClN2O/c1-3-8(6-14)13-9-4-5-12-7(2)10(9)11/h3-5,8,14H,1,6H2,2H3,(H,12,13). The summed E-state index contributed by atoms with van der Waals surface area (Å²) < 4.78 is 0. The van der Waals surface area contributed by atoms with Gasteiger partial charge in [-0.25, -0.2) is 0 Å². The smallest absolute Gasteiger partial charge is 0.0849 e. The molecular formula is C10H13ClN2O. The molecule has 1 rings (SSSR count). The molecule has 2 N–H and O–H groups in total. The zero-order valence-corrected chi connectivity index (χ0v) is 8.75. The van der Waals surface area contributed by atoms with Crippen molar-refractivity contribution < 1.29 is 5.11 Å². The van der Waals surface area contributed by atoms with Gasteiger partial charge in [-0.05, 0) is 13.0 Å². The molecule has 0 saturated heterocycles. The van der Waals surface area contributed by atoms with E-state index in [2.05, 4.69) is 16.9 Å². The first-order chi connectivity index (χ1) is 6.69. The van der Waals surface area contributed by atoms with Gasteiger partial charge in [-0.2, -0.15) is 0 Å². The summed E-state index contributed by atoms with van der Waals surface area (Å²) in [4.78, 5) is 4.04. The predicted molar refractivity (Wildman–Crippen MR) is 58.7 cm³/mol. The Morgan fingerprint density at radius 3 is 3.07 bits per heavy atom. The summed E-state index contributed by atoms with van der Waals surface area (Å²) in [6.45, 7) is 5.41. The Morgan fingerprint density at radius 2 is 2.50 bits per heavy atom. The molecule has 0 aliphatic heterocycles. The van der Waals surface area contributed by atoms with Crippen LogP contribution in [-0.4, -0.2) is 22.7 Å². The van der Waals surface area contributed by atoms with Crippen molar-refractivity contribution in [1.29, 1.82) is 0 Å². The van der Waals surface area contributed by atoms with Crippen molar-refractivity contribution in [2.24, 2.45) is 0 Å². The average Bonchev–Trinajstić information content (AvgIpc) is 2.20. The molecule has 0 aliphatic carbocycles. The first kappa shape index (κ1) is 11.0. The van der Waals surface area contributed by atoms with Gasteiger partial charge in [0.05, 0.1) is 29.1 Å². The van der Waals surface area contributed by atoms with Crippen molar-refractivity contribution >= 4 is 17.3 Å². The van der Waals surface area contributed by atoms with Crippen molar-refractivity contribution in [3.63, 3.8) is 0 Å². The molecule has 14 heavy (non-hydrogen) atoms. The topological polar surface area (TPSA) is 45.1 Å². The van der Waals surface area contributed by atoms with E-state index in [9.17, 15) is 0 Å². The Hall–Kier alpha value is -1.06. The van der Waals surface area contributed by atoms with E-state index >= 15 is 0 Å². The van der Waals surface area contributed by atoms with Crippen LogP contribution in [0, 0.1) is 6.92 Å². The highest BCUT2D eigenvalue weighted by molar-refractivity contribution is 6.33. The SMILES string of the molecule is C=CC(CO)Nc1ccnc(C)c1Cl. The fourth-order valence-corrected chi connectivity index (χ4v) is 1.20. The average molecular weight is 213 g/mol. The van der Waals surface area contributed by atoms with Crippen LogP contribution in [0.25, 0.3) is 0 Å². The number of halogens is 1. The second-order valence-electron chi connectivity index (χ2n) is 2.93. The maximum Gasteiger partial charge on any atom is 0.0849 e. The summed E-state index contributed by atoms with van der Waals surface area (Å²) in [7, 11) is 0. The molecule has 3 nitrogen and oxygen atoms in total. The molecule has 1 aromatic rings. The zero-order chi connectivity index (χ0) is 10.6. The third-order valence-corrected chi connectivity index (χ3v) is 2.36. The molecule has 0 bridgehead atoms. The maximum absolute atomic E-state index is 8.96. The highest BCUT2D eigenvalue weighted by Gasteiger charge is 2.07. The van der Waals surface area contributed by atoms with Gasteiger partial charge in [-0.1, -0.05) is 17.7 Å². The monoisotopic (exact) mass is 212 g/mol. The van der Waals surface area contributed by atoms with Crippen molar-refractivity contribution in [3.8, 4) is 0 Å². The third kappa shape index (κ3) is 2.47. The Morgan fingerprint density at radius 1 is 1.79 bits per heavy atom. The Bertz CT molecular complexity index is 328. The molecule has 0 aromatic carbocycles. The van der Waals surface area contributed by atoms with E-state index in [1.54, 1.807) is 18.3 Å². The molecule has 4 heteroatoms. The minimum absolute atomic E-state index is 0.0127. The van der Waals surface area contributed by atoms with Gasteiger partial charge in [0.2, 0.25) is 0 Å². The first-order valence-electron chi connectivity index (χ1n) is 4.30. The number of hydrogen-bond acceptors (Lipinski definition) is 3. The molecular weight excluding hydrogens is 200 g/mol. The summed E-state index contributed by atoms with van der Waals surface area (Å²) in [5.41, 5.74) is 1.52. The zero-order valence-electron chi connectivity index (χ0n) is 8.00. The van der Waals surface area contributed by atoms with Gasteiger partial charge in [0, 0.05) is 6.20 Å². The second-order valence-corrected chi connectivity index (χ2v) is 3.30. The number of aromatic nitrogens is 1. The minimum atomic E-state index is -0.186. The Labute approximate surface area is 88.4 Å². The molecule has 0 aliphatic rings. The van der Waals surface area contributed by atoms with Gasteiger partial charge in [-0.3, -0.25) is 4.98 Å². The van der Waals surface area contributed by atoms with Crippen LogP contribution >= 0.6 is 11.6 Å². The molecule has 1 unspecified atom stereocenters. The van der Waals surface area contributed by atoms with Crippen molar-refractivity contribution in [2.75, 3.05) is 11.9 Å². The molecule has 1 heterocycles. The lowest BCUT2D eigenvalue weighted by Crippen LogP contribution is -2.21. The van der Waals surface area contributed by atoms with E-state index in [0.29, 0.717) is 5.02 Å². The molecule has 0 spiro atoms. The normalized spacial score (nSPS) is 12.2. The minimum Gasteiger partial charge on any atom is -0.394 e. The second kappa shape index (κ2) is 4.98. The van der Waals surface area contributed by atoms with Crippen LogP contribution in [0.5, 0.6) is 0 Å². The molecule has 0 amide bonds. The number of anilines is 1. The number of aliphatic hydroxyl groups is 1. The lowest BCUT2D eigenvalue weighted by molar-refractivity contribution is 0.291. The number of aryl methyl sites for hydroxylation is 1. The number of pyridine rings is 1. The van der Waals surface area contributed by atoms with E-state index in [1.165, 1.54) is 0 Å². The van der Waals surface area contributed by atoms with Gasteiger partial charge >= 0.3 is 0 Å². The third-order valence-electron chi connectivity index (χ3n) is 1.89. The van der Waals surface area contributed by atoms with Crippen LogP contribution in [0.2, 0.25) is 5.02 Å². The number of rotatable bonds is 4. The lowest BCUT2D eigenvalue weighted by Gasteiger charge is -2.14. The van der Waals surface area contributed by atoms with Crippen LogP contribution in [0.3, 0.4) is 0 Å². The highest BCUT2D eigenvalue weighted by atomic mass is 35.5. The van der Waals surface area contributed by atoms with E-state index in [1.807, 2.05) is 6.92 Å². The largest absolute Gasteiger partial charge is 0.394 e. The van der Waals surface area contributed by atoms with E-state index < -0.39 is 0 Å². The van der Waals surface area contributed by atoms with E-state index in [0.717, 1.165) is 11.4 Å². The summed E-state index contributed by atoms with van der Waals surface area (Å²) in [5, 5.41) is 12.6. The van der Waals surface area contributed by atoms with Crippen LogP contribution in [-0.2, 0) is 0 Å². The number of hydrogen-bond donors (Lipinski definition) is 2. The van der Waals surface area contributed by atoms with Crippen molar-refractivity contribution in [2.45, 2.75) is 13.0 Å². The summed E-state index contributed by atoms with van der Waals surface area (Å²) in [5.74, 6) is 0. The summed E-state index contributed by atoms with van der Waals surface area (Å²) >= 11 is 6.01. The maximum atomic E-state index is 8.96. The Kier molecular flexibility index (Phi) is 3.92. The lowest BCUT2D eigenvalue weighted by atomic mass is 10.2. The number of nitrogens with one attached hydrogen (secondary N) is 1. The molecule has 0 fully saturated rings. The van der Waals surface area contributed by atoms with Gasteiger partial charge < -0.3 is 10.4 Å². The fourth-order valence-electron chi connectivity index (χ4n) is 1.04. The summed E-state index contributed by atoms with van der Waals surface area (Å²) in [6, 6.07) is 1.58. The van der Waals surface area contributed by atoms with Crippen LogP contribution < -0.4 is 5.32 Å².